The molecule has 0 spiro atoms. The van der Waals surface area contributed by atoms with Crippen LogP contribution in [0.4, 0.5) is 0 Å². The number of hydrogen-bond acceptors (Lipinski definition) is 6. The molecule has 17 heavy (non-hydrogen) atoms. The van der Waals surface area contributed by atoms with Gasteiger partial charge in [0.15, 0.2) is 0 Å². The molecule has 1 aromatic carbocycles. The number of carbonyl (C=O) groups is 1. The van der Waals surface area contributed by atoms with E-state index in [0.717, 1.165) is 0 Å². The smallest absolute Gasteiger partial charge is 0.375 e. The van der Waals surface area contributed by atoms with E-state index in [1.807, 2.05) is 0 Å². The lowest BCUT2D eigenvalue weighted by atomic mass is 10.3. The Kier molecular flexibility index (Phi) is 2.86. The topological polar surface area (TPSA) is 99.6 Å². The third-order valence-electron chi connectivity index (χ3n) is 2.02. The Hall–Kier alpha value is -1.86. The second-order valence-corrected chi connectivity index (χ2v) is 4.69. The molecule has 2 N–H and O–H groups in total. The predicted octanol–water partition coefficient (Wildman–Crippen LogP) is 0.623. The van der Waals surface area contributed by atoms with Gasteiger partial charge in [0.2, 0.25) is 0 Å². The molecule has 2 aromatic rings. The van der Waals surface area contributed by atoms with Crippen molar-refractivity contribution in [3.63, 3.8) is 0 Å². The van der Waals surface area contributed by atoms with E-state index >= 15 is 0 Å². The molecule has 0 unspecified atom stereocenters. The van der Waals surface area contributed by atoms with Crippen LogP contribution in [0, 0.1) is 0 Å². The van der Waals surface area contributed by atoms with Crippen molar-refractivity contribution in [1.82, 2.24) is 0 Å². The van der Waals surface area contributed by atoms with Crippen molar-refractivity contribution >= 4 is 27.1 Å². The van der Waals surface area contributed by atoms with Gasteiger partial charge in [-0.3, -0.25) is 0 Å². The molecule has 0 atom stereocenters. The highest BCUT2D eigenvalue weighted by molar-refractivity contribution is 7.87. The maximum atomic E-state index is 11.6. The number of furan rings is 1. The van der Waals surface area contributed by atoms with Crippen molar-refractivity contribution in [3.8, 4) is 0 Å². The van der Waals surface area contributed by atoms with Gasteiger partial charge in [-0.1, -0.05) is 18.2 Å². The summed E-state index contributed by atoms with van der Waals surface area (Å²) in [6.45, 7) is -0.514. The molecule has 0 saturated heterocycles. The highest BCUT2D eigenvalue weighted by Crippen LogP contribution is 2.23. The normalized spacial score (nSPS) is 11.6. The average Bonchev–Trinajstić information content (AvgIpc) is 2.72. The number of rotatable bonds is 3. The summed E-state index contributed by atoms with van der Waals surface area (Å²) in [5.74, 6) is -1.04. The molecule has 1 aromatic heterocycles. The lowest BCUT2D eigenvalue weighted by molar-refractivity contribution is -0.132. The van der Waals surface area contributed by atoms with Crippen molar-refractivity contribution in [2.24, 2.45) is 5.73 Å². The largest absolute Gasteiger partial charge is 0.441 e. The number of carbonyl (C=O) groups excluding carboxylic acids is 1. The second-order valence-electron chi connectivity index (χ2n) is 3.22. The fourth-order valence-corrected chi connectivity index (χ4v) is 2.14. The Bertz CT molecular complexity index is 625. The summed E-state index contributed by atoms with van der Waals surface area (Å²) in [5.41, 5.74) is 5.36. The molecule has 2 rings (SSSR count). The summed E-state index contributed by atoms with van der Waals surface area (Å²) < 4.78 is 32.4. The fraction of sp³-hybridized carbons (Fsp3) is 0.100. The first-order chi connectivity index (χ1) is 8.03. The van der Waals surface area contributed by atoms with Gasteiger partial charge < -0.3 is 14.3 Å². The van der Waals surface area contributed by atoms with Crippen LogP contribution in [0.15, 0.2) is 39.8 Å². The monoisotopic (exact) mass is 255 g/mol. The molecule has 90 valence electrons. The Morgan fingerprint density at radius 1 is 1.35 bits per heavy atom. The van der Waals surface area contributed by atoms with E-state index in [4.69, 9.17) is 10.2 Å². The van der Waals surface area contributed by atoms with Gasteiger partial charge in [-0.05, 0) is 6.07 Å². The summed E-state index contributed by atoms with van der Waals surface area (Å²) in [7, 11) is -4.23. The quantitative estimate of drug-likeness (QED) is 0.807. The minimum Gasteiger partial charge on any atom is -0.441 e. The SMILES string of the molecule is NCC(=O)OS(=O)(=O)c1cc2ccccc2o1. The lowest BCUT2D eigenvalue weighted by Crippen LogP contribution is -2.20. The van der Waals surface area contributed by atoms with Crippen LogP contribution in [-0.4, -0.2) is 20.9 Å². The molecule has 7 heteroatoms. The van der Waals surface area contributed by atoms with E-state index in [0.29, 0.717) is 11.0 Å². The second kappa shape index (κ2) is 4.19. The lowest BCUT2D eigenvalue weighted by Gasteiger charge is -1.99. The maximum absolute atomic E-state index is 11.6. The molecule has 0 aliphatic carbocycles. The van der Waals surface area contributed by atoms with E-state index in [2.05, 4.69) is 4.18 Å². The van der Waals surface area contributed by atoms with Gasteiger partial charge in [-0.2, -0.15) is 8.42 Å². The standard InChI is InChI=1S/C10H9NO5S/c11-6-9(12)16-17(13,14)10-5-7-3-1-2-4-8(7)15-10/h1-5H,6,11H2. The van der Waals surface area contributed by atoms with Crippen LogP contribution < -0.4 is 5.73 Å². The fourth-order valence-electron chi connectivity index (χ4n) is 1.28. The first-order valence-electron chi connectivity index (χ1n) is 4.69. The first kappa shape index (κ1) is 11.6. The average molecular weight is 255 g/mol. The van der Waals surface area contributed by atoms with Gasteiger partial charge in [0.25, 0.3) is 5.09 Å². The van der Waals surface area contributed by atoms with Crippen molar-refractivity contribution in [2.45, 2.75) is 5.09 Å². The summed E-state index contributed by atoms with van der Waals surface area (Å²) in [5, 5.41) is 0.190. The molecule has 0 aliphatic heterocycles. The third-order valence-corrected chi connectivity index (χ3v) is 3.12. The van der Waals surface area contributed by atoms with Crippen LogP contribution in [-0.2, 0) is 19.1 Å². The summed E-state index contributed by atoms with van der Waals surface area (Å²) in [4.78, 5) is 10.8. The third kappa shape index (κ3) is 2.29. The number of fused-ring (bicyclic) bond motifs is 1. The van der Waals surface area contributed by atoms with E-state index in [9.17, 15) is 13.2 Å². The van der Waals surface area contributed by atoms with E-state index in [-0.39, 0.29) is 0 Å². The molecule has 0 radical (unpaired) electrons. The number of para-hydroxylation sites is 1. The van der Waals surface area contributed by atoms with Gasteiger partial charge in [0.05, 0.1) is 6.54 Å². The summed E-state index contributed by atoms with van der Waals surface area (Å²) in [6.07, 6.45) is 0. The zero-order chi connectivity index (χ0) is 12.5. The van der Waals surface area contributed by atoms with Crippen molar-refractivity contribution in [1.29, 1.82) is 0 Å². The van der Waals surface area contributed by atoms with Gasteiger partial charge in [0, 0.05) is 11.5 Å². The maximum Gasteiger partial charge on any atom is 0.375 e. The minimum atomic E-state index is -4.23. The summed E-state index contributed by atoms with van der Waals surface area (Å²) in [6, 6.07) is 8.02. The minimum absolute atomic E-state index is 0.398. The van der Waals surface area contributed by atoms with Gasteiger partial charge in [-0.25, -0.2) is 4.79 Å². The number of benzene rings is 1. The molecule has 0 aliphatic rings. The van der Waals surface area contributed by atoms with Gasteiger partial charge in [-0.15, -0.1) is 0 Å². The highest BCUT2D eigenvalue weighted by Gasteiger charge is 2.23. The van der Waals surface area contributed by atoms with Crippen LogP contribution in [0.5, 0.6) is 0 Å². The van der Waals surface area contributed by atoms with Crippen LogP contribution in [0.1, 0.15) is 0 Å². The Labute approximate surface area is 97.1 Å². The molecule has 0 bridgehead atoms. The zero-order valence-electron chi connectivity index (χ0n) is 8.62. The first-order valence-corrected chi connectivity index (χ1v) is 6.10. The van der Waals surface area contributed by atoms with Crippen molar-refractivity contribution in [3.05, 3.63) is 30.3 Å². The van der Waals surface area contributed by atoms with Gasteiger partial charge in [0.1, 0.15) is 5.58 Å². The Balaban J connectivity index is 2.42. The molecule has 0 saturated carbocycles. The van der Waals surface area contributed by atoms with Crippen LogP contribution in [0.25, 0.3) is 11.0 Å². The van der Waals surface area contributed by atoms with E-state index in [1.54, 1.807) is 24.3 Å². The molecule has 0 fully saturated rings. The molecular weight excluding hydrogens is 246 g/mol. The van der Waals surface area contributed by atoms with Crippen molar-refractivity contribution in [2.75, 3.05) is 6.54 Å². The molecule has 1 heterocycles. The van der Waals surface area contributed by atoms with Crippen LogP contribution in [0.2, 0.25) is 0 Å². The molecule has 0 amide bonds. The highest BCUT2D eigenvalue weighted by atomic mass is 32.2. The van der Waals surface area contributed by atoms with E-state index in [1.165, 1.54) is 6.07 Å². The van der Waals surface area contributed by atoms with Crippen molar-refractivity contribution < 1.29 is 21.8 Å². The number of nitrogens with two attached hydrogens (primary N) is 1. The summed E-state index contributed by atoms with van der Waals surface area (Å²) >= 11 is 0. The predicted molar refractivity (Wildman–Crippen MR) is 58.5 cm³/mol. The van der Waals surface area contributed by atoms with E-state index < -0.39 is 27.7 Å². The Morgan fingerprint density at radius 2 is 2.06 bits per heavy atom. The molecular formula is C10H9NO5S. The zero-order valence-corrected chi connectivity index (χ0v) is 9.44. The van der Waals surface area contributed by atoms with Gasteiger partial charge >= 0.3 is 16.1 Å². The number of hydrogen-bond donors (Lipinski definition) is 1. The molecule has 6 nitrogen and oxygen atoms in total. The van der Waals surface area contributed by atoms with Crippen LogP contribution in [0.3, 0.4) is 0 Å². The van der Waals surface area contributed by atoms with Crippen LogP contribution >= 0.6 is 0 Å². The Morgan fingerprint density at radius 3 is 2.71 bits per heavy atom.